The second kappa shape index (κ2) is 5.97. The molecule has 0 aliphatic heterocycles. The summed E-state index contributed by atoms with van der Waals surface area (Å²) in [6.07, 6.45) is 2.25. The molecule has 18 heavy (non-hydrogen) atoms. The number of carbonyl (C=O) groups is 1. The minimum Gasteiger partial charge on any atom is -0.326 e. The van der Waals surface area contributed by atoms with E-state index in [1.807, 2.05) is 6.92 Å². The van der Waals surface area contributed by atoms with Crippen molar-refractivity contribution in [2.24, 2.45) is 5.14 Å². The Kier molecular flexibility index (Phi) is 4.86. The lowest BCUT2D eigenvalue weighted by molar-refractivity contribution is -0.116. The molecule has 0 heterocycles. The predicted octanol–water partition coefficient (Wildman–Crippen LogP) is 1.77. The SMILES string of the molecule is CCCCC(=O)Nc1ccc(S(N)(=O)=O)cc1C. The fraction of sp³-hybridized carbons (Fsp3) is 0.417. The van der Waals surface area contributed by atoms with Gasteiger partial charge < -0.3 is 5.32 Å². The van der Waals surface area contributed by atoms with E-state index < -0.39 is 10.0 Å². The number of unbranched alkanes of at least 4 members (excludes halogenated alkanes) is 1. The van der Waals surface area contributed by atoms with E-state index in [0.717, 1.165) is 12.8 Å². The van der Waals surface area contributed by atoms with Crippen LogP contribution in [-0.2, 0) is 14.8 Å². The first kappa shape index (κ1) is 14.7. The van der Waals surface area contributed by atoms with Crippen LogP contribution in [0.15, 0.2) is 23.1 Å². The molecule has 1 amide bonds. The van der Waals surface area contributed by atoms with Gasteiger partial charge >= 0.3 is 0 Å². The highest BCUT2D eigenvalue weighted by Gasteiger charge is 2.10. The maximum atomic E-state index is 11.6. The third-order valence-corrected chi connectivity index (χ3v) is 3.47. The Morgan fingerprint density at radius 3 is 2.56 bits per heavy atom. The zero-order valence-corrected chi connectivity index (χ0v) is 11.4. The molecule has 0 bridgehead atoms. The first-order chi connectivity index (χ1) is 8.34. The van der Waals surface area contributed by atoms with Gasteiger partial charge in [0.25, 0.3) is 0 Å². The molecule has 0 saturated carbocycles. The van der Waals surface area contributed by atoms with Crippen molar-refractivity contribution in [3.05, 3.63) is 23.8 Å². The van der Waals surface area contributed by atoms with Gasteiger partial charge in [0.1, 0.15) is 0 Å². The molecule has 3 N–H and O–H groups in total. The summed E-state index contributed by atoms with van der Waals surface area (Å²) in [6, 6.07) is 4.39. The maximum Gasteiger partial charge on any atom is 0.238 e. The molecule has 0 radical (unpaired) electrons. The summed E-state index contributed by atoms with van der Waals surface area (Å²) < 4.78 is 22.3. The maximum absolute atomic E-state index is 11.6. The van der Waals surface area contributed by atoms with Crippen LogP contribution in [0.4, 0.5) is 5.69 Å². The third kappa shape index (κ3) is 4.12. The molecular formula is C12H18N2O3S. The summed E-state index contributed by atoms with van der Waals surface area (Å²) in [7, 11) is -3.70. The van der Waals surface area contributed by atoms with E-state index in [1.165, 1.54) is 12.1 Å². The lowest BCUT2D eigenvalue weighted by Crippen LogP contribution is -2.14. The smallest absolute Gasteiger partial charge is 0.238 e. The van der Waals surface area contributed by atoms with Gasteiger partial charge in [-0.15, -0.1) is 0 Å². The Labute approximate surface area is 107 Å². The van der Waals surface area contributed by atoms with Crippen LogP contribution in [0.25, 0.3) is 0 Å². The highest BCUT2D eigenvalue weighted by Crippen LogP contribution is 2.19. The van der Waals surface area contributed by atoms with Crippen molar-refractivity contribution < 1.29 is 13.2 Å². The van der Waals surface area contributed by atoms with Crippen molar-refractivity contribution in [3.8, 4) is 0 Å². The number of nitrogens with two attached hydrogens (primary N) is 1. The van der Waals surface area contributed by atoms with Crippen LogP contribution in [0, 0.1) is 6.92 Å². The molecule has 0 atom stereocenters. The van der Waals surface area contributed by atoms with Gasteiger partial charge in [0.15, 0.2) is 0 Å². The number of nitrogens with one attached hydrogen (secondary N) is 1. The van der Waals surface area contributed by atoms with E-state index in [-0.39, 0.29) is 10.8 Å². The van der Waals surface area contributed by atoms with Gasteiger partial charge in [-0.1, -0.05) is 13.3 Å². The topological polar surface area (TPSA) is 89.3 Å². The van der Waals surface area contributed by atoms with Gasteiger partial charge in [-0.05, 0) is 37.1 Å². The molecular weight excluding hydrogens is 252 g/mol. The zero-order chi connectivity index (χ0) is 13.8. The molecule has 100 valence electrons. The van der Waals surface area contributed by atoms with Gasteiger partial charge in [0, 0.05) is 12.1 Å². The van der Waals surface area contributed by atoms with Crippen molar-refractivity contribution in [2.45, 2.75) is 38.0 Å². The van der Waals surface area contributed by atoms with Crippen LogP contribution >= 0.6 is 0 Å². The quantitative estimate of drug-likeness (QED) is 0.854. The highest BCUT2D eigenvalue weighted by atomic mass is 32.2. The van der Waals surface area contributed by atoms with E-state index in [2.05, 4.69) is 5.32 Å². The first-order valence-corrected chi connectivity index (χ1v) is 7.32. The molecule has 0 aliphatic rings. The van der Waals surface area contributed by atoms with Gasteiger partial charge in [0.2, 0.25) is 15.9 Å². The number of aryl methyl sites for hydroxylation is 1. The second-order valence-electron chi connectivity index (χ2n) is 4.17. The largest absolute Gasteiger partial charge is 0.326 e. The number of primary sulfonamides is 1. The summed E-state index contributed by atoms with van der Waals surface area (Å²) >= 11 is 0. The monoisotopic (exact) mass is 270 g/mol. The van der Waals surface area contributed by atoms with Crippen LogP contribution in [-0.4, -0.2) is 14.3 Å². The molecule has 1 rings (SSSR count). The van der Waals surface area contributed by atoms with Crippen LogP contribution in [0.5, 0.6) is 0 Å². The van der Waals surface area contributed by atoms with Gasteiger partial charge in [-0.3, -0.25) is 4.79 Å². The van der Waals surface area contributed by atoms with Crippen molar-refractivity contribution in [3.63, 3.8) is 0 Å². The molecule has 0 fully saturated rings. The van der Waals surface area contributed by atoms with Crippen LogP contribution < -0.4 is 10.5 Å². The van der Waals surface area contributed by atoms with Crippen LogP contribution in [0.1, 0.15) is 31.7 Å². The Bertz CT molecular complexity index is 538. The van der Waals surface area contributed by atoms with Crippen LogP contribution in [0.3, 0.4) is 0 Å². The number of anilines is 1. The van der Waals surface area contributed by atoms with E-state index in [9.17, 15) is 13.2 Å². The fourth-order valence-electron chi connectivity index (χ4n) is 1.50. The van der Waals surface area contributed by atoms with Crippen molar-refractivity contribution in [2.75, 3.05) is 5.32 Å². The number of amides is 1. The van der Waals surface area contributed by atoms with E-state index in [4.69, 9.17) is 5.14 Å². The molecule has 6 heteroatoms. The minimum atomic E-state index is -3.70. The molecule has 0 saturated heterocycles. The average Bonchev–Trinajstić information content (AvgIpc) is 2.27. The standard InChI is InChI=1S/C12H18N2O3S/c1-3-4-5-12(15)14-11-7-6-10(8-9(11)2)18(13,16)17/h6-8H,3-5H2,1-2H3,(H,14,15)(H2,13,16,17). The van der Waals surface area contributed by atoms with Gasteiger partial charge in [-0.2, -0.15) is 0 Å². The lowest BCUT2D eigenvalue weighted by Gasteiger charge is -2.09. The second-order valence-corrected chi connectivity index (χ2v) is 5.73. The number of sulfonamides is 1. The first-order valence-electron chi connectivity index (χ1n) is 5.78. The Balaban J connectivity index is 2.84. The summed E-state index contributed by atoms with van der Waals surface area (Å²) in [5.74, 6) is -0.0664. The summed E-state index contributed by atoms with van der Waals surface area (Å²) in [6.45, 7) is 3.74. The van der Waals surface area contributed by atoms with Crippen molar-refractivity contribution in [1.82, 2.24) is 0 Å². The molecule has 0 aromatic heterocycles. The van der Waals surface area contributed by atoms with E-state index in [0.29, 0.717) is 17.7 Å². The number of hydrogen-bond donors (Lipinski definition) is 2. The molecule has 0 unspecified atom stereocenters. The van der Waals surface area contributed by atoms with Gasteiger partial charge in [0.05, 0.1) is 4.90 Å². The summed E-state index contributed by atoms with van der Waals surface area (Å²) in [5.41, 5.74) is 1.29. The third-order valence-electron chi connectivity index (χ3n) is 2.56. The summed E-state index contributed by atoms with van der Waals surface area (Å²) in [5, 5.41) is 7.78. The van der Waals surface area contributed by atoms with E-state index >= 15 is 0 Å². The molecule has 1 aromatic rings. The highest BCUT2D eigenvalue weighted by molar-refractivity contribution is 7.89. The van der Waals surface area contributed by atoms with Gasteiger partial charge in [-0.25, -0.2) is 13.6 Å². The Morgan fingerprint density at radius 2 is 2.06 bits per heavy atom. The molecule has 0 aliphatic carbocycles. The normalized spacial score (nSPS) is 11.3. The molecule has 1 aromatic carbocycles. The van der Waals surface area contributed by atoms with E-state index in [1.54, 1.807) is 13.0 Å². The Morgan fingerprint density at radius 1 is 1.39 bits per heavy atom. The number of benzene rings is 1. The number of carbonyl (C=O) groups excluding carboxylic acids is 1. The fourth-order valence-corrected chi connectivity index (χ4v) is 2.10. The number of rotatable bonds is 5. The Hall–Kier alpha value is -1.40. The molecule has 0 spiro atoms. The average molecular weight is 270 g/mol. The lowest BCUT2D eigenvalue weighted by atomic mass is 10.2. The number of hydrogen-bond acceptors (Lipinski definition) is 3. The van der Waals surface area contributed by atoms with Crippen molar-refractivity contribution in [1.29, 1.82) is 0 Å². The minimum absolute atomic E-state index is 0.0477. The van der Waals surface area contributed by atoms with Crippen molar-refractivity contribution >= 4 is 21.6 Å². The molecule has 5 nitrogen and oxygen atoms in total. The van der Waals surface area contributed by atoms with Crippen LogP contribution in [0.2, 0.25) is 0 Å². The summed E-state index contributed by atoms with van der Waals surface area (Å²) in [4.78, 5) is 11.6. The zero-order valence-electron chi connectivity index (χ0n) is 10.6. The predicted molar refractivity (Wildman–Crippen MR) is 70.7 cm³/mol.